The van der Waals surface area contributed by atoms with Crippen LogP contribution < -0.4 is 0 Å². The van der Waals surface area contributed by atoms with E-state index >= 15 is 0 Å². The maximum Gasteiger partial charge on any atom is -0.0326 e. The molecule has 3 rings (SSSR count). The van der Waals surface area contributed by atoms with E-state index in [1.54, 1.807) is 37.0 Å². The molecule has 0 atom stereocenters. The van der Waals surface area contributed by atoms with Crippen LogP contribution in [0, 0.1) is 0 Å². The van der Waals surface area contributed by atoms with Crippen molar-refractivity contribution in [1.82, 2.24) is 0 Å². The van der Waals surface area contributed by atoms with E-state index in [0.29, 0.717) is 0 Å². The Morgan fingerprint density at radius 2 is 0.300 bits per heavy atom. The molecule has 0 spiro atoms. The van der Waals surface area contributed by atoms with Gasteiger partial charge in [-0.15, -0.1) is 15.8 Å². The highest BCUT2D eigenvalue weighted by Gasteiger charge is 2.09. The minimum atomic E-state index is 0.289. The first-order valence-electron chi connectivity index (χ1n) is 23.3. The molecule has 0 aliphatic carbocycles. The predicted octanol–water partition coefficient (Wildman–Crippen LogP) is 17.7. The van der Waals surface area contributed by atoms with Crippen molar-refractivity contribution in [3.05, 3.63) is 36.5 Å². The van der Waals surface area contributed by atoms with Crippen LogP contribution in [0.25, 0.3) is 0 Å². The van der Waals surface area contributed by atoms with Crippen LogP contribution in [-0.2, 0) is 0 Å². The van der Waals surface area contributed by atoms with Crippen LogP contribution in [0.4, 0.5) is 0 Å². The summed E-state index contributed by atoms with van der Waals surface area (Å²) in [5.74, 6) is 0. The predicted molar refractivity (Wildman–Crippen MR) is 237 cm³/mol. The van der Waals surface area contributed by atoms with E-state index in [2.05, 4.69) is 36.5 Å². The lowest BCUT2D eigenvalue weighted by Gasteiger charge is -2.18. The molecule has 0 aromatic rings. The molecule has 0 amide bonds. The molecule has 3 aliphatic heterocycles. The molecule has 0 saturated heterocycles. The zero-order chi connectivity index (χ0) is 35.1. The van der Waals surface area contributed by atoms with Gasteiger partial charge in [0.1, 0.15) is 0 Å². The van der Waals surface area contributed by atoms with Crippen LogP contribution in [0.5, 0.6) is 0 Å². The van der Waals surface area contributed by atoms with Crippen molar-refractivity contribution >= 4 is 15.8 Å². The van der Waals surface area contributed by atoms with Crippen molar-refractivity contribution in [3.8, 4) is 0 Å². The molecule has 3 aliphatic rings. The first-order valence-corrected chi connectivity index (χ1v) is 27.1. The molecule has 292 valence electrons. The topological polar surface area (TPSA) is 0 Å². The standard InChI is InChI=1S/C48H90P2/c1-2-8-14-20-26-32-38-44-50-47-41-35-29-23-17-11-5-3-9-15-21-27-33-39-45-49(43-37-31-25-19-13-7-1)46-40-34-28-22-16-10-4-6-12-18-24-30-36-42-48-50/h1-6H,7-48H2/b2-1-,5-3?,6-4?. The fraction of sp³-hybridized carbons (Fsp3) is 0.875. The maximum absolute atomic E-state index is 2.51. The van der Waals surface area contributed by atoms with E-state index in [9.17, 15) is 0 Å². The largest absolute Gasteiger partial charge is 0.107 e. The second-order valence-corrected chi connectivity index (χ2v) is 21.8. The number of allylic oxidation sites excluding steroid dienone is 6. The van der Waals surface area contributed by atoms with Gasteiger partial charge in [-0.3, -0.25) is 0 Å². The van der Waals surface area contributed by atoms with Gasteiger partial charge in [0.2, 0.25) is 0 Å². The molecule has 0 saturated carbocycles. The maximum atomic E-state index is 2.51. The molecule has 50 heavy (non-hydrogen) atoms. The quantitative estimate of drug-likeness (QED) is 0.172. The van der Waals surface area contributed by atoms with Crippen molar-refractivity contribution in [1.29, 1.82) is 0 Å². The van der Waals surface area contributed by atoms with Gasteiger partial charge in [-0.2, -0.15) is 0 Å². The van der Waals surface area contributed by atoms with E-state index in [1.807, 2.05) is 0 Å². The summed E-state index contributed by atoms with van der Waals surface area (Å²) in [4.78, 5) is 0. The number of fused-ring (bicyclic) bond motifs is 42. The van der Waals surface area contributed by atoms with Gasteiger partial charge < -0.3 is 0 Å². The molecule has 0 aromatic carbocycles. The van der Waals surface area contributed by atoms with E-state index in [1.165, 1.54) is 231 Å². The molecule has 2 heteroatoms. The van der Waals surface area contributed by atoms with Gasteiger partial charge in [0, 0.05) is 0 Å². The third-order valence-corrected chi connectivity index (χ3v) is 17.3. The van der Waals surface area contributed by atoms with Gasteiger partial charge in [-0.25, -0.2) is 0 Å². The van der Waals surface area contributed by atoms with Crippen LogP contribution >= 0.6 is 15.8 Å². The Morgan fingerprint density at radius 1 is 0.160 bits per heavy atom. The van der Waals surface area contributed by atoms with E-state index in [-0.39, 0.29) is 15.8 Å². The van der Waals surface area contributed by atoms with Gasteiger partial charge in [0.05, 0.1) is 0 Å². The van der Waals surface area contributed by atoms with Gasteiger partial charge in [-0.1, -0.05) is 152 Å². The Hall–Kier alpha value is 0.0800. The first kappa shape index (κ1) is 46.2. The highest BCUT2D eigenvalue weighted by Crippen LogP contribution is 2.40. The van der Waals surface area contributed by atoms with E-state index in [4.69, 9.17) is 0 Å². The molecule has 0 unspecified atom stereocenters. The summed E-state index contributed by atoms with van der Waals surface area (Å²) in [6.45, 7) is 0. The Labute approximate surface area is 319 Å². The lowest BCUT2D eigenvalue weighted by atomic mass is 10.1. The summed E-state index contributed by atoms with van der Waals surface area (Å²) in [6, 6.07) is 0. The van der Waals surface area contributed by atoms with Crippen LogP contribution in [-0.4, -0.2) is 37.0 Å². The third-order valence-electron chi connectivity index (χ3n) is 11.6. The number of hydrogen-bond acceptors (Lipinski definition) is 0. The Morgan fingerprint density at radius 3 is 0.480 bits per heavy atom. The third kappa shape index (κ3) is 32.7. The monoisotopic (exact) mass is 729 g/mol. The minimum absolute atomic E-state index is 0.289. The average Bonchev–Trinajstić information content (AvgIpc) is 3.12. The van der Waals surface area contributed by atoms with Crippen LogP contribution in [0.15, 0.2) is 36.5 Å². The Balaban J connectivity index is 1.89. The summed E-state index contributed by atoms with van der Waals surface area (Å²) < 4.78 is 0. The van der Waals surface area contributed by atoms with Crippen molar-refractivity contribution < 1.29 is 0 Å². The Bertz CT molecular complexity index is 593. The highest BCUT2D eigenvalue weighted by molar-refractivity contribution is 7.57. The van der Waals surface area contributed by atoms with Crippen molar-refractivity contribution in [2.45, 2.75) is 231 Å². The molecule has 0 nitrogen and oxygen atoms in total. The summed E-state index contributed by atoms with van der Waals surface area (Å²) in [7, 11) is 0.579. The fourth-order valence-electron chi connectivity index (χ4n) is 8.15. The first-order chi connectivity index (χ1) is 24.9. The second-order valence-electron chi connectivity index (χ2n) is 16.4. The molecular weight excluding hydrogens is 638 g/mol. The van der Waals surface area contributed by atoms with E-state index < -0.39 is 0 Å². The lowest BCUT2D eigenvalue weighted by Crippen LogP contribution is -1.97. The zero-order valence-electron chi connectivity index (χ0n) is 34.1. The molecular formula is C48H90P2. The molecule has 0 aromatic heterocycles. The molecule has 0 N–H and O–H groups in total. The molecule has 0 fully saturated rings. The zero-order valence-corrected chi connectivity index (χ0v) is 35.8. The summed E-state index contributed by atoms with van der Waals surface area (Å²) in [5, 5.41) is 0. The van der Waals surface area contributed by atoms with Crippen molar-refractivity contribution in [2.24, 2.45) is 0 Å². The van der Waals surface area contributed by atoms with Crippen molar-refractivity contribution in [3.63, 3.8) is 0 Å². The van der Waals surface area contributed by atoms with E-state index in [0.717, 1.165) is 0 Å². The van der Waals surface area contributed by atoms with Gasteiger partial charge >= 0.3 is 0 Å². The molecule has 0 radical (unpaired) electrons. The smallest absolute Gasteiger partial charge is 0.0326 e. The second kappa shape index (κ2) is 38.8. The summed E-state index contributed by atoms with van der Waals surface area (Å²) >= 11 is 0. The van der Waals surface area contributed by atoms with Gasteiger partial charge in [0.25, 0.3) is 0 Å². The summed E-state index contributed by atoms with van der Waals surface area (Å²) in [6.07, 6.45) is 76.6. The number of hydrogen-bond donors (Lipinski definition) is 0. The summed E-state index contributed by atoms with van der Waals surface area (Å²) in [5.41, 5.74) is 0. The fourth-order valence-corrected chi connectivity index (χ4v) is 13.5. The SMILES string of the molecule is C1=CCCCCCCCP2CCCCCCCC=CCCCCCCCP(CCCCCCC1)CCCCCCC/C=C\CCCCCCC2. The van der Waals surface area contributed by atoms with Crippen LogP contribution in [0.3, 0.4) is 0 Å². The van der Waals surface area contributed by atoms with Gasteiger partial charge in [0.15, 0.2) is 0 Å². The lowest BCUT2D eigenvalue weighted by molar-refractivity contribution is 0.623. The Kier molecular flexibility index (Phi) is 35.9. The van der Waals surface area contributed by atoms with Gasteiger partial charge in [-0.05, 0) is 153 Å². The number of rotatable bonds is 0. The molecule has 3 heterocycles. The van der Waals surface area contributed by atoms with Crippen molar-refractivity contribution in [2.75, 3.05) is 37.0 Å². The molecule has 2 bridgehead atoms. The van der Waals surface area contributed by atoms with Crippen LogP contribution in [0.1, 0.15) is 231 Å². The highest BCUT2D eigenvalue weighted by atomic mass is 31.1. The normalized spacial score (nSPS) is 27.0. The minimum Gasteiger partial charge on any atom is -0.107 e. The average molecular weight is 729 g/mol. The van der Waals surface area contributed by atoms with Crippen LogP contribution in [0.2, 0.25) is 0 Å².